The van der Waals surface area contributed by atoms with Gasteiger partial charge in [-0.1, -0.05) is 60.7 Å². The molecule has 1 aromatic heterocycles. The Bertz CT molecular complexity index is 889. The van der Waals surface area contributed by atoms with E-state index < -0.39 is 23.6 Å². The quantitative estimate of drug-likeness (QED) is 0.276. The third-order valence-corrected chi connectivity index (χ3v) is 3.75. The maximum Gasteiger partial charge on any atom is 0.332 e. The molecule has 1 heterocycles. The molecule has 134 valence electrons. The summed E-state index contributed by atoms with van der Waals surface area (Å²) in [4.78, 5) is 37.7. The van der Waals surface area contributed by atoms with Gasteiger partial charge in [0.15, 0.2) is 0 Å². The highest BCUT2D eigenvalue weighted by atomic mass is 16.5. The van der Waals surface area contributed by atoms with Crippen LogP contribution >= 0.6 is 0 Å². The summed E-state index contributed by atoms with van der Waals surface area (Å²) >= 11 is 0. The van der Waals surface area contributed by atoms with Gasteiger partial charge in [-0.05, 0) is 18.2 Å². The fourth-order valence-corrected chi connectivity index (χ4v) is 2.43. The number of rotatable bonds is 7. The van der Waals surface area contributed by atoms with Crippen LogP contribution in [0.15, 0.2) is 89.6 Å². The monoisotopic (exact) mass is 360 g/mol. The third-order valence-electron chi connectivity index (χ3n) is 3.75. The maximum absolute atomic E-state index is 12.8. The van der Waals surface area contributed by atoms with Gasteiger partial charge < -0.3 is 9.15 Å². The van der Waals surface area contributed by atoms with E-state index in [-0.39, 0.29) is 11.1 Å². The van der Waals surface area contributed by atoms with Crippen LogP contribution in [0.3, 0.4) is 0 Å². The van der Waals surface area contributed by atoms with Crippen LogP contribution in [0.2, 0.25) is 0 Å². The van der Waals surface area contributed by atoms with Gasteiger partial charge >= 0.3 is 5.97 Å². The first-order valence-corrected chi connectivity index (χ1v) is 8.26. The Labute approximate surface area is 155 Å². The molecule has 0 fully saturated rings. The number of hydrogen-bond donors (Lipinski definition) is 0. The van der Waals surface area contributed by atoms with Gasteiger partial charge in [0.1, 0.15) is 5.76 Å². The fourth-order valence-electron chi connectivity index (χ4n) is 2.43. The Morgan fingerprint density at radius 2 is 1.33 bits per heavy atom. The summed E-state index contributed by atoms with van der Waals surface area (Å²) in [6, 6.07) is 19.8. The number of carbonyl (C=O) groups is 3. The molecular formula is C22H16O5. The van der Waals surface area contributed by atoms with Crippen LogP contribution in [0.1, 0.15) is 26.5 Å². The Hall–Kier alpha value is -3.73. The van der Waals surface area contributed by atoms with E-state index in [2.05, 4.69) is 0 Å². The molecule has 0 saturated carbocycles. The highest BCUT2D eigenvalue weighted by Crippen LogP contribution is 2.14. The molecular weight excluding hydrogens is 344 g/mol. The zero-order valence-electron chi connectivity index (χ0n) is 14.3. The lowest BCUT2D eigenvalue weighted by molar-refractivity contribution is -0.139. The lowest BCUT2D eigenvalue weighted by Gasteiger charge is -2.15. The number of carbonyl (C=O) groups excluding carboxylic acids is 3. The van der Waals surface area contributed by atoms with Crippen LogP contribution in [0, 0.1) is 0 Å². The zero-order chi connectivity index (χ0) is 19.1. The molecule has 0 saturated heterocycles. The van der Waals surface area contributed by atoms with E-state index in [1.165, 1.54) is 12.3 Å². The summed E-state index contributed by atoms with van der Waals surface area (Å²) in [6.45, 7) is 0. The van der Waals surface area contributed by atoms with Crippen molar-refractivity contribution in [1.82, 2.24) is 0 Å². The standard InChI is InChI=1S/C22H16O5/c23-19(14-13-18-12-7-15-26-18)27-22(20(24)16-8-3-1-4-9-16)21(25)17-10-5-2-6-11-17/h1-15,22H/b14-13+. The number of Topliss-reactive ketones (excluding diaryl/α,β-unsaturated/α-hetero) is 2. The lowest BCUT2D eigenvalue weighted by Crippen LogP contribution is -2.35. The number of esters is 1. The van der Waals surface area contributed by atoms with Gasteiger partial charge in [0.05, 0.1) is 6.26 Å². The van der Waals surface area contributed by atoms with E-state index in [0.717, 1.165) is 6.08 Å². The van der Waals surface area contributed by atoms with Crippen molar-refractivity contribution in [2.75, 3.05) is 0 Å². The molecule has 0 aliphatic carbocycles. The SMILES string of the molecule is O=C(/C=C/c1ccco1)OC(C(=O)c1ccccc1)C(=O)c1ccccc1. The van der Waals surface area contributed by atoms with Crippen molar-refractivity contribution in [3.8, 4) is 0 Å². The van der Waals surface area contributed by atoms with Crippen LogP contribution in [0.25, 0.3) is 6.08 Å². The molecule has 3 rings (SSSR count). The van der Waals surface area contributed by atoms with Crippen molar-refractivity contribution in [2.24, 2.45) is 0 Å². The fraction of sp³-hybridized carbons (Fsp3) is 0.0455. The van der Waals surface area contributed by atoms with Crippen molar-refractivity contribution in [3.63, 3.8) is 0 Å². The van der Waals surface area contributed by atoms with Gasteiger partial charge in [0.2, 0.25) is 17.7 Å². The molecule has 0 amide bonds. The number of benzene rings is 2. The summed E-state index contributed by atoms with van der Waals surface area (Å²) in [5.41, 5.74) is 0.573. The Balaban J connectivity index is 1.84. The molecule has 5 nitrogen and oxygen atoms in total. The van der Waals surface area contributed by atoms with E-state index in [1.54, 1.807) is 72.8 Å². The van der Waals surface area contributed by atoms with Gasteiger partial charge in [-0.25, -0.2) is 4.79 Å². The first-order valence-electron chi connectivity index (χ1n) is 8.26. The third kappa shape index (κ3) is 4.67. The summed E-state index contributed by atoms with van der Waals surface area (Å²) in [7, 11) is 0. The summed E-state index contributed by atoms with van der Waals surface area (Å²) in [5.74, 6) is -1.52. The molecule has 0 atom stereocenters. The minimum Gasteiger partial charge on any atom is -0.465 e. The number of ketones is 2. The van der Waals surface area contributed by atoms with Gasteiger partial charge in [-0.3, -0.25) is 9.59 Å². The summed E-state index contributed by atoms with van der Waals surface area (Å²) < 4.78 is 10.3. The first-order chi connectivity index (χ1) is 13.1. The largest absolute Gasteiger partial charge is 0.465 e. The predicted octanol–water partition coefficient (Wildman–Crippen LogP) is 3.97. The molecule has 0 unspecified atom stereocenters. The molecule has 3 aromatic rings. The van der Waals surface area contributed by atoms with Gasteiger partial charge in [0, 0.05) is 17.2 Å². The molecule has 0 bridgehead atoms. The highest BCUT2D eigenvalue weighted by Gasteiger charge is 2.31. The second-order valence-electron chi connectivity index (χ2n) is 5.63. The molecule has 0 aliphatic heterocycles. The smallest absolute Gasteiger partial charge is 0.332 e. The van der Waals surface area contributed by atoms with Crippen molar-refractivity contribution >= 4 is 23.6 Å². The zero-order valence-corrected chi connectivity index (χ0v) is 14.3. The first kappa shape index (κ1) is 18.1. The average molecular weight is 360 g/mol. The molecule has 0 aliphatic rings. The van der Waals surface area contributed by atoms with Crippen molar-refractivity contribution in [2.45, 2.75) is 6.10 Å². The lowest BCUT2D eigenvalue weighted by atomic mass is 9.98. The van der Waals surface area contributed by atoms with E-state index in [0.29, 0.717) is 5.76 Å². The van der Waals surface area contributed by atoms with Gasteiger partial charge in [-0.15, -0.1) is 0 Å². The van der Waals surface area contributed by atoms with E-state index in [1.807, 2.05) is 0 Å². The molecule has 27 heavy (non-hydrogen) atoms. The van der Waals surface area contributed by atoms with Crippen LogP contribution in [0.4, 0.5) is 0 Å². The van der Waals surface area contributed by atoms with Gasteiger partial charge in [-0.2, -0.15) is 0 Å². The molecule has 5 heteroatoms. The minimum atomic E-state index is -1.57. The van der Waals surface area contributed by atoms with Crippen LogP contribution in [-0.4, -0.2) is 23.6 Å². The molecule has 0 radical (unpaired) electrons. The minimum absolute atomic E-state index is 0.287. The number of hydrogen-bond acceptors (Lipinski definition) is 5. The average Bonchev–Trinajstić information content (AvgIpc) is 3.24. The second kappa shape index (κ2) is 8.58. The normalized spacial score (nSPS) is 10.9. The van der Waals surface area contributed by atoms with Crippen molar-refractivity contribution < 1.29 is 23.5 Å². The Morgan fingerprint density at radius 1 is 0.778 bits per heavy atom. The maximum atomic E-state index is 12.8. The van der Waals surface area contributed by atoms with Crippen molar-refractivity contribution in [1.29, 1.82) is 0 Å². The van der Waals surface area contributed by atoms with Crippen LogP contribution in [0.5, 0.6) is 0 Å². The molecule has 0 spiro atoms. The van der Waals surface area contributed by atoms with E-state index in [4.69, 9.17) is 9.15 Å². The van der Waals surface area contributed by atoms with E-state index in [9.17, 15) is 14.4 Å². The second-order valence-corrected chi connectivity index (χ2v) is 5.63. The van der Waals surface area contributed by atoms with Gasteiger partial charge in [0.25, 0.3) is 0 Å². The number of ether oxygens (including phenoxy) is 1. The molecule has 2 aromatic carbocycles. The number of furan rings is 1. The highest BCUT2D eigenvalue weighted by molar-refractivity contribution is 6.19. The van der Waals surface area contributed by atoms with Crippen LogP contribution in [-0.2, 0) is 9.53 Å². The topological polar surface area (TPSA) is 73.6 Å². The Morgan fingerprint density at radius 3 is 1.81 bits per heavy atom. The predicted molar refractivity (Wildman–Crippen MR) is 99.2 cm³/mol. The van der Waals surface area contributed by atoms with Crippen LogP contribution < -0.4 is 0 Å². The molecule has 0 N–H and O–H groups in total. The summed E-state index contributed by atoms with van der Waals surface area (Å²) in [6.07, 6.45) is 2.41. The van der Waals surface area contributed by atoms with E-state index >= 15 is 0 Å². The van der Waals surface area contributed by atoms with Crippen molar-refractivity contribution in [3.05, 3.63) is 102 Å². The summed E-state index contributed by atoms with van der Waals surface area (Å²) in [5, 5.41) is 0. The Kier molecular flexibility index (Phi) is 5.74.